The number of nitrogens with zero attached hydrogens (tertiary/aromatic N) is 1. The molecule has 0 aromatic heterocycles. The van der Waals surface area contributed by atoms with Gasteiger partial charge in [0.05, 0.1) is 36.7 Å². The Bertz CT molecular complexity index is 1250. The van der Waals surface area contributed by atoms with Gasteiger partial charge in [0, 0.05) is 16.4 Å². The van der Waals surface area contributed by atoms with Crippen LogP contribution in [0, 0.1) is 11.8 Å². The number of carbonyl (C=O) groups excluding carboxylic acids is 3. The van der Waals surface area contributed by atoms with E-state index >= 15 is 0 Å². The van der Waals surface area contributed by atoms with Crippen molar-refractivity contribution in [1.29, 1.82) is 0 Å². The van der Waals surface area contributed by atoms with Crippen molar-refractivity contribution >= 4 is 40.7 Å². The molecule has 3 fully saturated rings. The number of carbonyl (C=O) groups is 3. The zero-order valence-electron chi connectivity index (χ0n) is 22.3. The van der Waals surface area contributed by atoms with Crippen LogP contribution in [0.5, 0.6) is 5.75 Å². The van der Waals surface area contributed by atoms with E-state index in [9.17, 15) is 19.5 Å². The Labute approximate surface area is 232 Å². The minimum absolute atomic E-state index is 0.323. The number of ether oxygens (including phenoxy) is 2. The maximum absolute atomic E-state index is 14.1. The summed E-state index contributed by atoms with van der Waals surface area (Å²) < 4.78 is 12.2. The number of fused-ring (bicyclic) bond motifs is 1. The van der Waals surface area contributed by atoms with Gasteiger partial charge < -0.3 is 30.1 Å². The van der Waals surface area contributed by atoms with Gasteiger partial charge in [0.25, 0.3) is 0 Å². The Hall–Kier alpha value is -3.14. The summed E-state index contributed by atoms with van der Waals surface area (Å²) in [4.78, 5) is 43.2. The molecule has 0 radical (unpaired) electrons. The lowest BCUT2D eigenvalue weighted by Gasteiger charge is -2.36. The van der Waals surface area contributed by atoms with Gasteiger partial charge >= 0.3 is 0 Å². The normalized spacial score (nSPS) is 29.7. The SMILES string of the molecule is CCOc1ccc(NC(=O)[C@H]2[C@H]3C(=O)N([C@H](C)CO)C(C(=O)Nc4ccc(Cl)cc4)C34CC[C@]2(CC)O4)cc1. The van der Waals surface area contributed by atoms with Gasteiger partial charge in [-0.15, -0.1) is 0 Å². The molecule has 3 amide bonds. The fourth-order valence-electron chi connectivity index (χ4n) is 6.68. The molecular weight excluding hydrogens is 522 g/mol. The van der Waals surface area contributed by atoms with Crippen LogP contribution in [0.25, 0.3) is 0 Å². The summed E-state index contributed by atoms with van der Waals surface area (Å²) in [5, 5.41) is 16.4. The van der Waals surface area contributed by atoms with Crippen LogP contribution in [0.4, 0.5) is 11.4 Å². The highest BCUT2D eigenvalue weighted by molar-refractivity contribution is 6.30. The molecular formula is C29H34ClN3O6. The fourth-order valence-corrected chi connectivity index (χ4v) is 6.81. The zero-order valence-corrected chi connectivity index (χ0v) is 23.0. The Balaban J connectivity index is 1.49. The summed E-state index contributed by atoms with van der Waals surface area (Å²) in [5.41, 5.74) is -0.956. The van der Waals surface area contributed by atoms with Crippen LogP contribution in [-0.2, 0) is 19.1 Å². The number of anilines is 2. The van der Waals surface area contributed by atoms with Crippen molar-refractivity contribution in [3.63, 3.8) is 0 Å². The summed E-state index contributed by atoms with van der Waals surface area (Å²) >= 11 is 6.00. The van der Waals surface area contributed by atoms with E-state index in [1.54, 1.807) is 55.5 Å². The molecule has 0 saturated carbocycles. The monoisotopic (exact) mass is 555 g/mol. The summed E-state index contributed by atoms with van der Waals surface area (Å²) in [5.74, 6) is -2.06. The average Bonchev–Trinajstić information content (AvgIpc) is 3.54. The number of halogens is 1. The van der Waals surface area contributed by atoms with Crippen molar-refractivity contribution in [3.8, 4) is 5.75 Å². The molecule has 0 aliphatic carbocycles. The molecule has 5 rings (SSSR count). The van der Waals surface area contributed by atoms with Crippen LogP contribution in [0.1, 0.15) is 40.0 Å². The van der Waals surface area contributed by atoms with Crippen molar-refractivity contribution in [1.82, 2.24) is 4.90 Å². The maximum atomic E-state index is 14.1. The Kier molecular flexibility index (Phi) is 7.35. The lowest BCUT2D eigenvalue weighted by Crippen LogP contribution is -2.55. The van der Waals surface area contributed by atoms with Crippen molar-refractivity contribution in [2.75, 3.05) is 23.8 Å². The van der Waals surface area contributed by atoms with Gasteiger partial charge in [-0.3, -0.25) is 14.4 Å². The highest BCUT2D eigenvalue weighted by Crippen LogP contribution is 2.64. The van der Waals surface area contributed by atoms with E-state index in [2.05, 4.69) is 10.6 Å². The van der Waals surface area contributed by atoms with Crippen molar-refractivity contribution < 1.29 is 29.0 Å². The van der Waals surface area contributed by atoms with Crippen LogP contribution < -0.4 is 15.4 Å². The summed E-state index contributed by atoms with van der Waals surface area (Å²) in [7, 11) is 0. The fraction of sp³-hybridized carbons (Fsp3) is 0.483. The predicted molar refractivity (Wildman–Crippen MR) is 147 cm³/mol. The van der Waals surface area contributed by atoms with Gasteiger partial charge in [-0.05, 0) is 81.6 Å². The van der Waals surface area contributed by atoms with Crippen molar-refractivity contribution in [3.05, 3.63) is 53.6 Å². The molecule has 2 bridgehead atoms. The lowest BCUT2D eigenvalue weighted by molar-refractivity contribution is -0.147. The number of aliphatic hydroxyl groups is 1. The molecule has 2 aromatic rings. The third-order valence-corrected chi connectivity index (χ3v) is 8.69. The minimum Gasteiger partial charge on any atom is -0.494 e. The molecule has 3 saturated heterocycles. The smallest absolute Gasteiger partial charge is 0.250 e. The molecule has 3 aliphatic heterocycles. The van der Waals surface area contributed by atoms with Gasteiger partial charge in [-0.2, -0.15) is 0 Å². The molecule has 9 nitrogen and oxygen atoms in total. The molecule has 3 aliphatic rings. The third kappa shape index (κ3) is 4.46. The van der Waals surface area contributed by atoms with Gasteiger partial charge in [0.15, 0.2) is 0 Å². The summed E-state index contributed by atoms with van der Waals surface area (Å²) in [6.07, 6.45) is 1.51. The number of hydrogen-bond donors (Lipinski definition) is 3. The Morgan fingerprint density at radius 2 is 1.69 bits per heavy atom. The number of likely N-dealkylation sites (tertiary alicyclic amines) is 1. The molecule has 3 heterocycles. The highest BCUT2D eigenvalue weighted by atomic mass is 35.5. The number of nitrogens with one attached hydrogen (secondary N) is 2. The van der Waals surface area contributed by atoms with E-state index in [1.807, 2.05) is 13.8 Å². The molecule has 10 heteroatoms. The van der Waals surface area contributed by atoms with Gasteiger partial charge in [-0.1, -0.05) is 18.5 Å². The van der Waals surface area contributed by atoms with Crippen molar-refractivity contribution in [2.45, 2.75) is 63.3 Å². The first-order valence-electron chi connectivity index (χ1n) is 13.4. The van der Waals surface area contributed by atoms with E-state index < -0.39 is 41.0 Å². The predicted octanol–water partition coefficient (Wildman–Crippen LogP) is 3.85. The van der Waals surface area contributed by atoms with E-state index in [-0.39, 0.29) is 18.4 Å². The number of amides is 3. The largest absolute Gasteiger partial charge is 0.494 e. The van der Waals surface area contributed by atoms with Gasteiger partial charge in [0.2, 0.25) is 17.7 Å². The molecule has 208 valence electrons. The number of benzene rings is 2. The van der Waals surface area contributed by atoms with Crippen LogP contribution in [-0.4, -0.2) is 64.2 Å². The summed E-state index contributed by atoms with van der Waals surface area (Å²) in [6, 6.07) is 12.1. The number of aliphatic hydroxyl groups excluding tert-OH is 1. The van der Waals surface area contributed by atoms with Gasteiger partial charge in [0.1, 0.15) is 17.4 Å². The van der Waals surface area contributed by atoms with Crippen LogP contribution in [0.3, 0.4) is 0 Å². The standard InChI is InChI=1S/C29H34ClN3O6/c1-4-28-14-15-29(39-28)23(22(28)25(35)31-20-10-12-21(13-11-20)38-5-2)27(37)33(17(3)16-34)24(29)26(36)32-19-8-6-18(30)7-9-19/h6-13,17,22-24,34H,4-5,14-16H2,1-3H3,(H,31,35)(H,32,36)/t17-,22-,23+,24?,28+,29?/m1/s1. The average molecular weight is 556 g/mol. The van der Waals surface area contributed by atoms with Crippen molar-refractivity contribution in [2.24, 2.45) is 11.8 Å². The number of hydrogen-bond acceptors (Lipinski definition) is 6. The third-order valence-electron chi connectivity index (χ3n) is 8.43. The van der Waals surface area contributed by atoms with E-state index in [4.69, 9.17) is 21.1 Å². The second-order valence-corrected chi connectivity index (χ2v) is 11.0. The second kappa shape index (κ2) is 10.4. The second-order valence-electron chi connectivity index (χ2n) is 10.6. The molecule has 3 N–H and O–H groups in total. The maximum Gasteiger partial charge on any atom is 0.250 e. The Morgan fingerprint density at radius 3 is 2.28 bits per heavy atom. The van der Waals surface area contributed by atoms with Crippen LogP contribution >= 0.6 is 11.6 Å². The quantitative estimate of drug-likeness (QED) is 0.433. The first-order valence-corrected chi connectivity index (χ1v) is 13.8. The van der Waals surface area contributed by atoms with E-state index in [1.165, 1.54) is 4.90 Å². The van der Waals surface area contributed by atoms with Crippen LogP contribution in [0.15, 0.2) is 48.5 Å². The molecule has 2 aromatic carbocycles. The lowest BCUT2D eigenvalue weighted by atomic mass is 9.65. The zero-order chi connectivity index (χ0) is 27.9. The van der Waals surface area contributed by atoms with Gasteiger partial charge in [-0.25, -0.2) is 0 Å². The topological polar surface area (TPSA) is 117 Å². The molecule has 1 spiro atoms. The molecule has 2 unspecified atom stereocenters. The van der Waals surface area contributed by atoms with E-state index in [0.717, 1.165) is 0 Å². The first kappa shape index (κ1) is 27.4. The minimum atomic E-state index is -1.19. The van der Waals surface area contributed by atoms with E-state index in [0.29, 0.717) is 48.0 Å². The highest BCUT2D eigenvalue weighted by Gasteiger charge is 2.79. The van der Waals surface area contributed by atoms with Crippen LogP contribution in [0.2, 0.25) is 5.02 Å². The molecule has 6 atom stereocenters. The summed E-state index contributed by atoms with van der Waals surface area (Å²) in [6.45, 7) is 5.73. The first-order chi connectivity index (χ1) is 18.7. The molecule has 39 heavy (non-hydrogen) atoms. The number of rotatable bonds is 9. The Morgan fingerprint density at radius 1 is 1.08 bits per heavy atom.